The number of nitrogens with zero attached hydrogens (tertiary/aromatic N) is 1. The van der Waals surface area contributed by atoms with Crippen LogP contribution in [0.25, 0.3) is 0 Å². The molecule has 144 valence electrons. The van der Waals surface area contributed by atoms with Crippen molar-refractivity contribution in [2.45, 2.75) is 81.6 Å². The third-order valence-electron chi connectivity index (χ3n) is 7.20. The lowest BCUT2D eigenvalue weighted by molar-refractivity contribution is -0.0300. The molecule has 1 saturated carbocycles. The third kappa shape index (κ3) is 5.46. The van der Waals surface area contributed by atoms with Crippen molar-refractivity contribution in [1.82, 2.24) is 10.2 Å². The minimum absolute atomic E-state index is 0.409. The van der Waals surface area contributed by atoms with Gasteiger partial charge in [-0.2, -0.15) is 0 Å². The van der Waals surface area contributed by atoms with Crippen LogP contribution in [0.1, 0.15) is 81.6 Å². The molecule has 2 rings (SSSR count). The van der Waals surface area contributed by atoms with Gasteiger partial charge in [0.1, 0.15) is 0 Å². The Bertz CT molecular complexity index is 364. The molecule has 0 amide bonds. The summed E-state index contributed by atoms with van der Waals surface area (Å²) in [5.74, 6) is 1.63. The Morgan fingerprint density at radius 1 is 0.875 bits per heavy atom. The van der Waals surface area contributed by atoms with E-state index in [9.17, 15) is 0 Å². The zero-order chi connectivity index (χ0) is 18.6. The fourth-order valence-corrected chi connectivity index (χ4v) is 5.06. The smallest absolute Gasteiger partial charge is 0.0107 e. The Morgan fingerprint density at radius 3 is 1.96 bits per heavy atom. The molecule has 0 spiro atoms. The Balaban J connectivity index is 0.00000139. The van der Waals surface area contributed by atoms with Crippen molar-refractivity contribution in [1.29, 1.82) is 0 Å². The molecule has 2 nitrogen and oxygen atoms in total. The van der Waals surface area contributed by atoms with Crippen LogP contribution < -0.4 is 5.32 Å². The van der Waals surface area contributed by atoms with Crippen molar-refractivity contribution in [2.75, 3.05) is 32.7 Å². The molecule has 1 N–H and O–H groups in total. The molecule has 2 fully saturated rings. The minimum atomic E-state index is 0.409. The summed E-state index contributed by atoms with van der Waals surface area (Å²) in [7, 11) is 0. The molecule has 1 heterocycles. The van der Waals surface area contributed by atoms with E-state index in [1.54, 1.807) is 0 Å². The van der Waals surface area contributed by atoms with Gasteiger partial charge in [-0.1, -0.05) is 62.3 Å². The molecule has 2 atom stereocenters. The predicted molar refractivity (Wildman–Crippen MR) is 109 cm³/mol. The molecule has 0 aromatic carbocycles. The molecule has 1 saturated heterocycles. The molecule has 24 heavy (non-hydrogen) atoms. The van der Waals surface area contributed by atoms with Crippen molar-refractivity contribution in [3.8, 4) is 0 Å². The van der Waals surface area contributed by atoms with Gasteiger partial charge in [0.05, 0.1) is 0 Å². The summed E-state index contributed by atoms with van der Waals surface area (Å²) in [5, 5.41) is 3.48. The highest BCUT2D eigenvalue weighted by Gasteiger charge is 2.46. The summed E-state index contributed by atoms with van der Waals surface area (Å²) in [6.45, 7) is 27.7. The first-order chi connectivity index (χ1) is 11.0. The molecule has 0 bridgehead atoms. The summed E-state index contributed by atoms with van der Waals surface area (Å²) >= 11 is 0. The largest absolute Gasteiger partial charge is 0.314 e. The van der Waals surface area contributed by atoms with Gasteiger partial charge >= 0.3 is 0 Å². The Labute approximate surface area is 153 Å². The van der Waals surface area contributed by atoms with Crippen LogP contribution in [0.15, 0.2) is 0 Å². The fourth-order valence-electron chi connectivity index (χ4n) is 5.06. The molecule has 0 aromatic heterocycles. The highest BCUT2D eigenvalue weighted by atomic mass is 15.2. The van der Waals surface area contributed by atoms with E-state index in [0.717, 1.165) is 11.8 Å². The molecule has 0 aromatic rings. The quantitative estimate of drug-likeness (QED) is 0.722. The van der Waals surface area contributed by atoms with E-state index in [0.29, 0.717) is 16.2 Å². The van der Waals surface area contributed by atoms with Gasteiger partial charge in [0, 0.05) is 32.7 Å². The highest BCUT2D eigenvalue weighted by molar-refractivity contribution is 4.96. The van der Waals surface area contributed by atoms with Crippen LogP contribution in [0.4, 0.5) is 0 Å². The molecular weight excluding hydrogens is 292 g/mol. The number of hydrogen-bond donors (Lipinski definition) is 1. The summed E-state index contributed by atoms with van der Waals surface area (Å²) in [6.07, 6.45) is 4.12. The third-order valence-corrected chi connectivity index (χ3v) is 7.20. The van der Waals surface area contributed by atoms with Gasteiger partial charge in [-0.05, 0) is 47.3 Å². The van der Waals surface area contributed by atoms with Crippen LogP contribution in [-0.2, 0) is 0 Å². The fraction of sp³-hybridized carbons (Fsp3) is 1.00. The molecule has 2 heteroatoms. The van der Waals surface area contributed by atoms with E-state index in [-0.39, 0.29) is 0 Å². The van der Waals surface area contributed by atoms with Crippen molar-refractivity contribution in [3.05, 3.63) is 0 Å². The SMILES string of the molecule is CC.CC1CC(C)(C)CC(CN2CCNCC2)CC(C)(C)C1(C)C. The predicted octanol–water partition coefficient (Wildman–Crippen LogP) is 5.43. The molecule has 1 aliphatic carbocycles. The van der Waals surface area contributed by atoms with Gasteiger partial charge in [0.15, 0.2) is 0 Å². The second kappa shape index (κ2) is 8.54. The molecule has 2 unspecified atom stereocenters. The summed E-state index contributed by atoms with van der Waals surface area (Å²) in [4.78, 5) is 2.70. The second-order valence-electron chi connectivity index (χ2n) is 10.2. The second-order valence-corrected chi connectivity index (χ2v) is 10.2. The molecule has 2 aliphatic rings. The van der Waals surface area contributed by atoms with Gasteiger partial charge in [0.25, 0.3) is 0 Å². The maximum atomic E-state index is 3.48. The first-order valence-electron chi connectivity index (χ1n) is 10.5. The number of hydrogen-bond acceptors (Lipinski definition) is 2. The van der Waals surface area contributed by atoms with Crippen molar-refractivity contribution >= 4 is 0 Å². The lowest BCUT2D eigenvalue weighted by Gasteiger charge is -2.53. The Kier molecular flexibility index (Phi) is 7.81. The van der Waals surface area contributed by atoms with Crippen molar-refractivity contribution < 1.29 is 0 Å². The van der Waals surface area contributed by atoms with Crippen molar-refractivity contribution in [2.24, 2.45) is 28.1 Å². The van der Waals surface area contributed by atoms with Crippen LogP contribution in [0.2, 0.25) is 0 Å². The monoisotopic (exact) mass is 338 g/mol. The topological polar surface area (TPSA) is 15.3 Å². The van der Waals surface area contributed by atoms with Gasteiger partial charge in [-0.25, -0.2) is 0 Å². The average molecular weight is 339 g/mol. The van der Waals surface area contributed by atoms with Crippen LogP contribution in [-0.4, -0.2) is 37.6 Å². The van der Waals surface area contributed by atoms with E-state index < -0.39 is 0 Å². The summed E-state index contributed by atoms with van der Waals surface area (Å²) < 4.78 is 0. The lowest BCUT2D eigenvalue weighted by Crippen LogP contribution is -2.48. The summed E-state index contributed by atoms with van der Waals surface area (Å²) in [5.41, 5.74) is 1.31. The Hall–Kier alpha value is -0.0800. The van der Waals surface area contributed by atoms with Gasteiger partial charge in [0.2, 0.25) is 0 Å². The van der Waals surface area contributed by atoms with E-state index in [2.05, 4.69) is 58.7 Å². The summed E-state index contributed by atoms with van der Waals surface area (Å²) in [6, 6.07) is 0. The van der Waals surface area contributed by atoms with Crippen LogP contribution >= 0.6 is 0 Å². The molecular formula is C22H46N2. The molecule has 0 radical (unpaired) electrons. The first-order valence-corrected chi connectivity index (χ1v) is 10.5. The minimum Gasteiger partial charge on any atom is -0.314 e. The standard InChI is InChI=1S/C20H40N2.C2H6/c1-16-12-18(2,3)13-17(14-19(4,5)20(16,6)7)15-22-10-8-21-9-11-22;1-2/h16-17,21H,8-15H2,1-7H3;1-2H3. The van der Waals surface area contributed by atoms with Crippen LogP contribution in [0.5, 0.6) is 0 Å². The number of nitrogens with one attached hydrogen (secondary N) is 1. The van der Waals surface area contributed by atoms with E-state index in [1.807, 2.05) is 13.8 Å². The van der Waals surface area contributed by atoms with E-state index in [1.165, 1.54) is 52.0 Å². The highest BCUT2D eigenvalue weighted by Crippen LogP contribution is 2.54. The molecule has 1 aliphatic heterocycles. The van der Waals surface area contributed by atoms with Crippen LogP contribution in [0, 0.1) is 28.1 Å². The zero-order valence-electron chi connectivity index (χ0n) is 18.3. The normalized spacial score (nSPS) is 32.9. The van der Waals surface area contributed by atoms with E-state index >= 15 is 0 Å². The van der Waals surface area contributed by atoms with Gasteiger partial charge in [-0.3, -0.25) is 0 Å². The number of rotatable bonds is 2. The Morgan fingerprint density at radius 2 is 1.42 bits per heavy atom. The van der Waals surface area contributed by atoms with E-state index in [4.69, 9.17) is 0 Å². The first kappa shape index (κ1) is 22.0. The average Bonchev–Trinajstić information content (AvgIpc) is 2.47. The number of piperazine rings is 1. The van der Waals surface area contributed by atoms with Gasteiger partial charge < -0.3 is 10.2 Å². The zero-order valence-corrected chi connectivity index (χ0v) is 18.3. The lowest BCUT2D eigenvalue weighted by atomic mass is 9.53. The maximum Gasteiger partial charge on any atom is 0.0107 e. The van der Waals surface area contributed by atoms with Crippen molar-refractivity contribution in [3.63, 3.8) is 0 Å². The van der Waals surface area contributed by atoms with Crippen LogP contribution in [0.3, 0.4) is 0 Å². The van der Waals surface area contributed by atoms with Gasteiger partial charge in [-0.15, -0.1) is 0 Å². The maximum absolute atomic E-state index is 3.48.